The first kappa shape index (κ1) is 78.0. The molecule has 1 atom stereocenters. The summed E-state index contributed by atoms with van der Waals surface area (Å²) in [6.07, 6.45) is 101. The highest BCUT2D eigenvalue weighted by Gasteiger charge is 2.19. The van der Waals surface area contributed by atoms with Crippen molar-refractivity contribution in [1.29, 1.82) is 0 Å². The van der Waals surface area contributed by atoms with E-state index in [2.05, 4.69) is 179 Å². The van der Waals surface area contributed by atoms with Gasteiger partial charge in [-0.1, -0.05) is 301 Å². The Kier molecular flexibility index (Phi) is 65.4. The monoisotopic (exact) mass is 1140 g/mol. The lowest BCUT2D eigenvalue weighted by atomic mass is 10.1. The molecule has 0 N–H and O–H groups in total. The van der Waals surface area contributed by atoms with E-state index < -0.39 is 6.10 Å². The Morgan fingerprint density at radius 2 is 0.470 bits per heavy atom. The lowest BCUT2D eigenvalue weighted by molar-refractivity contribution is -0.167. The normalized spacial score (nSPS) is 13.1. The number of allylic oxidation sites excluding steroid dienone is 26. The molecular weight excluding hydrogens is 1020 g/mol. The molecule has 6 heteroatoms. The van der Waals surface area contributed by atoms with Crippen molar-refractivity contribution in [3.8, 4) is 0 Å². The summed E-state index contributed by atoms with van der Waals surface area (Å²) in [6.45, 7) is 6.38. The first-order valence-corrected chi connectivity index (χ1v) is 34.0. The summed E-state index contributed by atoms with van der Waals surface area (Å²) in [4.78, 5) is 38.3. The molecule has 0 radical (unpaired) electrons. The van der Waals surface area contributed by atoms with Crippen LogP contribution in [0.3, 0.4) is 0 Å². The van der Waals surface area contributed by atoms with E-state index in [9.17, 15) is 14.4 Å². The third-order valence-corrected chi connectivity index (χ3v) is 14.0. The van der Waals surface area contributed by atoms with Crippen molar-refractivity contribution in [3.05, 3.63) is 158 Å². The molecule has 0 spiro atoms. The van der Waals surface area contributed by atoms with Crippen molar-refractivity contribution in [1.82, 2.24) is 0 Å². The lowest BCUT2D eigenvalue weighted by Crippen LogP contribution is -2.30. The first-order chi connectivity index (χ1) is 41.0. The molecule has 0 saturated carbocycles. The van der Waals surface area contributed by atoms with E-state index >= 15 is 0 Å². The zero-order chi connectivity index (χ0) is 59.9. The maximum atomic E-state index is 12.9. The summed E-state index contributed by atoms with van der Waals surface area (Å²) in [6, 6.07) is 0. The van der Waals surface area contributed by atoms with Gasteiger partial charge in [-0.2, -0.15) is 0 Å². The van der Waals surface area contributed by atoms with Gasteiger partial charge in [-0.15, -0.1) is 0 Å². The third-order valence-electron chi connectivity index (χ3n) is 14.0. The van der Waals surface area contributed by atoms with Crippen LogP contribution in [0.5, 0.6) is 0 Å². The van der Waals surface area contributed by atoms with Gasteiger partial charge in [0.25, 0.3) is 0 Å². The molecule has 6 nitrogen and oxygen atoms in total. The van der Waals surface area contributed by atoms with Gasteiger partial charge in [0.05, 0.1) is 0 Å². The number of unbranched alkanes of at least 4 members (excludes halogenated alkanes) is 23. The lowest BCUT2D eigenvalue weighted by Gasteiger charge is -2.18. The van der Waals surface area contributed by atoms with E-state index in [-0.39, 0.29) is 31.1 Å². The topological polar surface area (TPSA) is 78.9 Å². The highest BCUT2D eigenvalue weighted by molar-refractivity contribution is 5.71. The average Bonchev–Trinajstić information content (AvgIpc) is 3.49. The smallest absolute Gasteiger partial charge is 0.306 e. The predicted octanol–water partition coefficient (Wildman–Crippen LogP) is 23.7. The number of hydrogen-bond donors (Lipinski definition) is 0. The van der Waals surface area contributed by atoms with Crippen LogP contribution in [-0.4, -0.2) is 37.2 Å². The van der Waals surface area contributed by atoms with Crippen LogP contribution in [0.2, 0.25) is 0 Å². The highest BCUT2D eigenvalue weighted by atomic mass is 16.6. The van der Waals surface area contributed by atoms with Gasteiger partial charge in [0, 0.05) is 19.3 Å². The van der Waals surface area contributed by atoms with E-state index in [0.29, 0.717) is 19.3 Å². The molecule has 0 aliphatic rings. The second-order valence-corrected chi connectivity index (χ2v) is 22.0. The predicted molar refractivity (Wildman–Crippen MR) is 362 cm³/mol. The Hall–Kier alpha value is -4.97. The van der Waals surface area contributed by atoms with Crippen molar-refractivity contribution in [2.45, 2.75) is 297 Å². The van der Waals surface area contributed by atoms with E-state index in [4.69, 9.17) is 14.2 Å². The van der Waals surface area contributed by atoms with Crippen LogP contribution in [0.4, 0.5) is 0 Å². The van der Waals surface area contributed by atoms with Crippen LogP contribution in [0, 0.1) is 0 Å². The average molecular weight is 1150 g/mol. The van der Waals surface area contributed by atoms with Gasteiger partial charge in [0.15, 0.2) is 6.10 Å². The number of ether oxygens (including phenoxy) is 3. The highest BCUT2D eigenvalue weighted by Crippen LogP contribution is 2.15. The minimum Gasteiger partial charge on any atom is -0.462 e. The van der Waals surface area contributed by atoms with Crippen molar-refractivity contribution >= 4 is 17.9 Å². The van der Waals surface area contributed by atoms with Gasteiger partial charge in [0.1, 0.15) is 13.2 Å². The Morgan fingerprint density at radius 1 is 0.253 bits per heavy atom. The molecular formula is C77H124O6. The zero-order valence-electron chi connectivity index (χ0n) is 53.7. The van der Waals surface area contributed by atoms with E-state index in [0.717, 1.165) is 154 Å². The second kappa shape index (κ2) is 69.5. The van der Waals surface area contributed by atoms with E-state index in [1.807, 2.05) is 0 Å². The minimum atomic E-state index is -0.794. The summed E-state index contributed by atoms with van der Waals surface area (Å²) >= 11 is 0. The van der Waals surface area contributed by atoms with Crippen molar-refractivity contribution < 1.29 is 28.6 Å². The SMILES string of the molecule is CC/C=C\C/C=C\C/C=C\C/C=C\C/C=C\C/C=C\C/C=C\CCCCCCCCCC(=O)OCC(COC(=O)CCCCCCCCCCC)OC(=O)CCCCCCCCCC/C=C\C/C=C\C/C=C\C/C=C\C/C=C\C/C=C\CC. The van der Waals surface area contributed by atoms with Gasteiger partial charge in [0.2, 0.25) is 0 Å². The molecule has 0 aliphatic heterocycles. The summed E-state index contributed by atoms with van der Waals surface area (Å²) in [5.74, 6) is -0.911. The molecule has 0 heterocycles. The summed E-state index contributed by atoms with van der Waals surface area (Å²) in [5, 5.41) is 0. The standard InChI is InChI=1S/C77H124O6/c1-4-7-10-13-16-19-21-23-25-27-29-31-33-35-37-38-40-41-43-45-47-49-51-53-55-58-61-64-67-70-76(79)82-73-74(72-81-75(78)69-66-63-60-57-18-15-12-9-6-3)83-77(80)71-68-65-62-59-56-54-52-50-48-46-44-42-39-36-34-32-30-28-26-24-22-20-17-14-11-8-5-2/h7-8,10-11,16-17,19-20,23-26,29-32,35-37,39-41,44-47,74H,4-6,9,12-15,18,21-22,27-28,33-34,38,42-43,48-73H2,1-3H3/b10-7-,11-8-,19-16-,20-17-,25-23-,26-24-,31-29-,32-30-,37-35-,39-36-,41-40-,46-44-,47-45-. The first-order valence-electron chi connectivity index (χ1n) is 34.0. The molecule has 468 valence electrons. The maximum Gasteiger partial charge on any atom is 0.306 e. The quantitative estimate of drug-likeness (QED) is 0.0261. The van der Waals surface area contributed by atoms with Crippen LogP contribution in [0.1, 0.15) is 290 Å². The van der Waals surface area contributed by atoms with Gasteiger partial charge in [-0.3, -0.25) is 14.4 Å². The zero-order valence-corrected chi connectivity index (χ0v) is 53.7. The Labute approximate surface area is 511 Å². The van der Waals surface area contributed by atoms with Crippen molar-refractivity contribution in [3.63, 3.8) is 0 Å². The number of rotatable bonds is 60. The summed E-state index contributed by atoms with van der Waals surface area (Å²) in [5.41, 5.74) is 0. The molecule has 0 fully saturated rings. The molecule has 0 aromatic heterocycles. The Balaban J connectivity index is 4.28. The van der Waals surface area contributed by atoms with Crippen molar-refractivity contribution in [2.24, 2.45) is 0 Å². The second-order valence-electron chi connectivity index (χ2n) is 22.0. The maximum absolute atomic E-state index is 12.9. The van der Waals surface area contributed by atoms with E-state index in [1.165, 1.54) is 96.3 Å². The molecule has 0 aromatic carbocycles. The molecule has 0 aliphatic carbocycles. The fraction of sp³-hybridized carbons (Fsp3) is 0.623. The number of esters is 3. The summed E-state index contributed by atoms with van der Waals surface area (Å²) in [7, 11) is 0. The molecule has 0 amide bonds. The van der Waals surface area contributed by atoms with Gasteiger partial charge in [-0.05, 0) is 128 Å². The number of hydrogen-bond acceptors (Lipinski definition) is 6. The number of carbonyl (C=O) groups is 3. The third kappa shape index (κ3) is 67.7. The van der Waals surface area contributed by atoms with Gasteiger partial charge in [-0.25, -0.2) is 0 Å². The van der Waals surface area contributed by atoms with Gasteiger partial charge >= 0.3 is 17.9 Å². The van der Waals surface area contributed by atoms with Gasteiger partial charge < -0.3 is 14.2 Å². The largest absolute Gasteiger partial charge is 0.462 e. The molecule has 83 heavy (non-hydrogen) atoms. The molecule has 0 aromatic rings. The Morgan fingerprint density at radius 3 is 0.735 bits per heavy atom. The minimum absolute atomic E-state index is 0.0886. The van der Waals surface area contributed by atoms with Crippen LogP contribution in [0.25, 0.3) is 0 Å². The Bertz CT molecular complexity index is 1840. The van der Waals surface area contributed by atoms with Crippen LogP contribution in [-0.2, 0) is 28.6 Å². The molecule has 1 unspecified atom stereocenters. The van der Waals surface area contributed by atoms with Crippen LogP contribution in [0.15, 0.2) is 158 Å². The fourth-order valence-corrected chi connectivity index (χ4v) is 9.01. The number of carbonyl (C=O) groups excluding carboxylic acids is 3. The van der Waals surface area contributed by atoms with Crippen LogP contribution >= 0.6 is 0 Å². The van der Waals surface area contributed by atoms with Crippen molar-refractivity contribution in [2.75, 3.05) is 13.2 Å². The van der Waals surface area contributed by atoms with E-state index in [1.54, 1.807) is 0 Å². The fourth-order valence-electron chi connectivity index (χ4n) is 9.01. The molecule has 0 saturated heterocycles. The molecule has 0 bridgehead atoms. The van der Waals surface area contributed by atoms with Crippen LogP contribution < -0.4 is 0 Å². The molecule has 0 rings (SSSR count). The summed E-state index contributed by atoms with van der Waals surface area (Å²) < 4.78 is 16.9.